The maximum absolute atomic E-state index is 12.4. The summed E-state index contributed by atoms with van der Waals surface area (Å²) < 4.78 is 27.6. The van der Waals surface area contributed by atoms with Gasteiger partial charge in [-0.05, 0) is 36.0 Å². The van der Waals surface area contributed by atoms with Crippen molar-refractivity contribution in [1.82, 2.24) is 10.0 Å². The molecule has 0 aliphatic heterocycles. The van der Waals surface area contributed by atoms with Crippen LogP contribution in [0.3, 0.4) is 0 Å². The molecule has 0 saturated carbocycles. The summed E-state index contributed by atoms with van der Waals surface area (Å²) in [5, 5.41) is 5.18. The van der Waals surface area contributed by atoms with Gasteiger partial charge in [-0.2, -0.15) is 0 Å². The van der Waals surface area contributed by atoms with Crippen molar-refractivity contribution < 1.29 is 8.42 Å². The number of rotatable bonds is 8. The molecule has 6 heteroatoms. The number of sulfonamides is 1. The van der Waals surface area contributed by atoms with Crippen LogP contribution in [0.25, 0.3) is 0 Å². The van der Waals surface area contributed by atoms with Crippen LogP contribution in [0, 0.1) is 0 Å². The Morgan fingerprint density at radius 3 is 2.62 bits per heavy atom. The van der Waals surface area contributed by atoms with E-state index in [2.05, 4.69) is 17.0 Å². The Morgan fingerprint density at radius 2 is 1.90 bits per heavy atom. The van der Waals surface area contributed by atoms with Gasteiger partial charge in [0.2, 0.25) is 10.0 Å². The minimum Gasteiger partial charge on any atom is -0.313 e. The van der Waals surface area contributed by atoms with Gasteiger partial charge in [-0.25, -0.2) is 13.1 Å². The van der Waals surface area contributed by atoms with E-state index in [4.69, 9.17) is 0 Å². The number of hydrogen-bond donors (Lipinski definition) is 2. The Bertz CT molecular complexity index is 652. The number of hydrogen-bond acceptors (Lipinski definition) is 4. The highest BCUT2D eigenvalue weighted by molar-refractivity contribution is 7.89. The van der Waals surface area contributed by atoms with Crippen LogP contribution in [0.4, 0.5) is 0 Å². The second-order valence-corrected chi connectivity index (χ2v) is 7.46. The molecule has 0 radical (unpaired) electrons. The lowest BCUT2D eigenvalue weighted by Gasteiger charge is -2.11. The van der Waals surface area contributed by atoms with E-state index in [0.29, 0.717) is 18.0 Å². The fraction of sp³-hybridized carbons (Fsp3) is 0.333. The van der Waals surface area contributed by atoms with Crippen molar-refractivity contribution in [1.29, 1.82) is 0 Å². The zero-order chi connectivity index (χ0) is 15.1. The third-order valence-electron chi connectivity index (χ3n) is 3.02. The van der Waals surface area contributed by atoms with E-state index in [0.717, 1.165) is 23.4 Å². The second kappa shape index (κ2) is 7.70. The van der Waals surface area contributed by atoms with E-state index in [-0.39, 0.29) is 0 Å². The van der Waals surface area contributed by atoms with E-state index in [9.17, 15) is 8.42 Å². The van der Waals surface area contributed by atoms with Crippen LogP contribution in [0.15, 0.2) is 46.7 Å². The largest absolute Gasteiger partial charge is 0.313 e. The van der Waals surface area contributed by atoms with E-state index >= 15 is 0 Å². The molecule has 114 valence electrons. The molecule has 2 N–H and O–H groups in total. The molecule has 1 aromatic carbocycles. The fourth-order valence-electron chi connectivity index (χ4n) is 1.97. The molecule has 0 aliphatic rings. The van der Waals surface area contributed by atoms with Crippen molar-refractivity contribution in [2.75, 3.05) is 6.54 Å². The summed E-state index contributed by atoms with van der Waals surface area (Å²) in [6.45, 7) is 3.84. The Morgan fingerprint density at radius 1 is 1.10 bits per heavy atom. The zero-order valence-electron chi connectivity index (χ0n) is 12.0. The van der Waals surface area contributed by atoms with Crippen LogP contribution in [-0.2, 0) is 23.1 Å². The summed E-state index contributed by atoms with van der Waals surface area (Å²) in [5.41, 5.74) is 0.796. The quantitative estimate of drug-likeness (QED) is 0.734. The molecule has 0 fully saturated rings. The number of thiophene rings is 1. The number of benzene rings is 1. The first-order valence-electron chi connectivity index (χ1n) is 6.94. The van der Waals surface area contributed by atoms with E-state index in [1.165, 1.54) is 0 Å². The highest BCUT2D eigenvalue weighted by Gasteiger charge is 2.17. The highest BCUT2D eigenvalue weighted by atomic mass is 32.2. The van der Waals surface area contributed by atoms with Gasteiger partial charge in [-0.1, -0.05) is 31.2 Å². The van der Waals surface area contributed by atoms with Crippen LogP contribution in [-0.4, -0.2) is 15.0 Å². The Hall–Kier alpha value is -1.21. The molecule has 21 heavy (non-hydrogen) atoms. The third kappa shape index (κ3) is 4.64. The molecule has 4 nitrogen and oxygen atoms in total. The predicted molar refractivity (Wildman–Crippen MR) is 86.8 cm³/mol. The van der Waals surface area contributed by atoms with Crippen LogP contribution < -0.4 is 10.0 Å². The van der Waals surface area contributed by atoms with E-state index < -0.39 is 10.0 Å². The van der Waals surface area contributed by atoms with E-state index in [1.54, 1.807) is 23.5 Å². The molecule has 0 amide bonds. The van der Waals surface area contributed by atoms with Crippen molar-refractivity contribution >= 4 is 21.4 Å². The van der Waals surface area contributed by atoms with Crippen LogP contribution in [0.2, 0.25) is 0 Å². The lowest BCUT2D eigenvalue weighted by atomic mass is 10.2. The Kier molecular flexibility index (Phi) is 5.93. The molecule has 0 atom stereocenters. The SMILES string of the molecule is CCCNCc1ccccc1S(=O)(=O)NCc1cccs1. The van der Waals surface area contributed by atoms with Crippen molar-refractivity contribution in [3.63, 3.8) is 0 Å². The van der Waals surface area contributed by atoms with Crippen molar-refractivity contribution in [3.8, 4) is 0 Å². The average Bonchev–Trinajstić information content (AvgIpc) is 2.99. The third-order valence-corrected chi connectivity index (χ3v) is 5.40. The van der Waals surface area contributed by atoms with Gasteiger partial charge in [-0.3, -0.25) is 0 Å². The van der Waals surface area contributed by atoms with Crippen LogP contribution in [0.1, 0.15) is 23.8 Å². The summed E-state index contributed by atoms with van der Waals surface area (Å²) in [7, 11) is -3.49. The molecular formula is C15H20N2O2S2. The van der Waals surface area contributed by atoms with Gasteiger partial charge in [0.15, 0.2) is 0 Å². The van der Waals surface area contributed by atoms with Crippen molar-refractivity contribution in [2.24, 2.45) is 0 Å². The minimum absolute atomic E-state index is 0.330. The topological polar surface area (TPSA) is 58.2 Å². The van der Waals surface area contributed by atoms with Crippen LogP contribution >= 0.6 is 11.3 Å². The molecule has 2 rings (SSSR count). The summed E-state index contributed by atoms with van der Waals surface area (Å²) in [5.74, 6) is 0. The second-order valence-electron chi connectivity index (χ2n) is 4.69. The fourth-order valence-corrected chi connectivity index (χ4v) is 3.95. The monoisotopic (exact) mass is 324 g/mol. The average molecular weight is 324 g/mol. The Labute approximate surface area is 130 Å². The van der Waals surface area contributed by atoms with Crippen molar-refractivity contribution in [2.45, 2.75) is 31.3 Å². The van der Waals surface area contributed by atoms with Gasteiger partial charge in [-0.15, -0.1) is 11.3 Å². The van der Waals surface area contributed by atoms with Gasteiger partial charge in [0, 0.05) is 18.0 Å². The molecular weight excluding hydrogens is 304 g/mol. The molecule has 1 heterocycles. The standard InChI is InChI=1S/C15H20N2O2S2/c1-2-9-16-11-13-6-3-4-8-15(13)21(18,19)17-12-14-7-5-10-20-14/h3-8,10,16-17H,2,9,11-12H2,1H3. The van der Waals surface area contributed by atoms with Gasteiger partial charge in [0.25, 0.3) is 0 Å². The summed E-state index contributed by atoms with van der Waals surface area (Å²) in [4.78, 5) is 1.35. The zero-order valence-corrected chi connectivity index (χ0v) is 13.6. The summed E-state index contributed by atoms with van der Waals surface area (Å²) in [6, 6.07) is 10.9. The molecule has 0 saturated heterocycles. The molecule has 0 spiro atoms. The smallest absolute Gasteiger partial charge is 0.241 e. The van der Waals surface area contributed by atoms with E-state index in [1.807, 2.05) is 29.6 Å². The van der Waals surface area contributed by atoms with Crippen molar-refractivity contribution in [3.05, 3.63) is 52.2 Å². The lowest BCUT2D eigenvalue weighted by Crippen LogP contribution is -2.25. The normalized spacial score (nSPS) is 11.7. The van der Waals surface area contributed by atoms with Gasteiger partial charge >= 0.3 is 0 Å². The molecule has 0 aliphatic carbocycles. The molecule has 2 aromatic rings. The minimum atomic E-state index is -3.49. The number of nitrogens with one attached hydrogen (secondary N) is 2. The lowest BCUT2D eigenvalue weighted by molar-refractivity contribution is 0.578. The maximum atomic E-state index is 12.4. The predicted octanol–water partition coefficient (Wildman–Crippen LogP) is 2.73. The van der Waals surface area contributed by atoms with Gasteiger partial charge in [0.05, 0.1) is 4.90 Å². The van der Waals surface area contributed by atoms with Gasteiger partial charge in [0.1, 0.15) is 0 Å². The highest BCUT2D eigenvalue weighted by Crippen LogP contribution is 2.16. The first kappa shape index (κ1) is 16.2. The first-order valence-corrected chi connectivity index (χ1v) is 9.30. The summed E-state index contributed by atoms with van der Waals surface area (Å²) in [6.07, 6.45) is 1.02. The van der Waals surface area contributed by atoms with Gasteiger partial charge < -0.3 is 5.32 Å². The molecule has 0 unspecified atom stereocenters. The maximum Gasteiger partial charge on any atom is 0.241 e. The molecule has 1 aromatic heterocycles. The van der Waals surface area contributed by atoms with Crippen LogP contribution in [0.5, 0.6) is 0 Å². The summed E-state index contributed by atoms with van der Waals surface area (Å²) >= 11 is 1.54. The first-order chi connectivity index (χ1) is 10.1. The Balaban J connectivity index is 2.11. The molecule has 0 bridgehead atoms.